The van der Waals surface area contributed by atoms with Gasteiger partial charge in [-0.15, -0.1) is 0 Å². The second-order valence-corrected chi connectivity index (χ2v) is 5.96. The first-order valence-corrected chi connectivity index (χ1v) is 8.31. The van der Waals surface area contributed by atoms with Gasteiger partial charge < -0.3 is 4.57 Å². The molecule has 6 nitrogen and oxygen atoms in total. The second kappa shape index (κ2) is 6.76. The molecule has 0 radical (unpaired) electrons. The van der Waals surface area contributed by atoms with Crippen LogP contribution in [-0.2, 0) is 13.0 Å². The number of hydrogen-bond donors (Lipinski definition) is 1. The summed E-state index contributed by atoms with van der Waals surface area (Å²) in [5.41, 5.74) is 1.71. The molecule has 128 valence electrons. The first-order valence-electron chi connectivity index (χ1n) is 8.31. The molecule has 26 heavy (non-hydrogen) atoms. The third-order valence-corrected chi connectivity index (χ3v) is 4.19. The highest BCUT2D eigenvalue weighted by atomic mass is 16.2. The number of nitrogens with zero attached hydrogens (tertiary/aromatic N) is 3. The van der Waals surface area contributed by atoms with Crippen LogP contribution in [0.4, 0.5) is 0 Å². The van der Waals surface area contributed by atoms with E-state index in [9.17, 15) is 9.59 Å². The van der Waals surface area contributed by atoms with Crippen LogP contribution in [0, 0.1) is 0 Å². The molecule has 0 spiro atoms. The number of H-pyrrole nitrogens is 1. The van der Waals surface area contributed by atoms with Crippen LogP contribution in [0.25, 0.3) is 22.8 Å². The van der Waals surface area contributed by atoms with Crippen molar-refractivity contribution >= 4 is 0 Å². The van der Waals surface area contributed by atoms with Crippen LogP contribution >= 0.6 is 0 Å². The summed E-state index contributed by atoms with van der Waals surface area (Å²) in [4.78, 5) is 34.5. The van der Waals surface area contributed by atoms with Gasteiger partial charge in [-0.1, -0.05) is 60.7 Å². The average molecular weight is 344 g/mol. The Kier molecular flexibility index (Phi) is 4.15. The molecule has 4 rings (SSSR count). The SMILES string of the molecule is O=c1nc2n(CCc3ccccc3)cc(-c3ccccc3)nc-2c(=O)[nH]1. The lowest BCUT2D eigenvalue weighted by Crippen LogP contribution is -2.29. The van der Waals surface area contributed by atoms with E-state index in [0.717, 1.165) is 12.0 Å². The van der Waals surface area contributed by atoms with Crippen molar-refractivity contribution in [3.63, 3.8) is 0 Å². The van der Waals surface area contributed by atoms with Crippen molar-refractivity contribution in [3.05, 3.63) is 93.3 Å². The van der Waals surface area contributed by atoms with E-state index in [1.807, 2.05) is 71.4 Å². The minimum atomic E-state index is -0.662. The Bertz CT molecular complexity index is 1120. The van der Waals surface area contributed by atoms with E-state index in [4.69, 9.17) is 0 Å². The van der Waals surface area contributed by atoms with Crippen LogP contribution in [0.3, 0.4) is 0 Å². The monoisotopic (exact) mass is 344 g/mol. The number of aromatic amines is 1. The summed E-state index contributed by atoms with van der Waals surface area (Å²) in [6, 6.07) is 19.6. The third-order valence-electron chi connectivity index (χ3n) is 4.19. The summed E-state index contributed by atoms with van der Waals surface area (Å²) < 4.78 is 1.83. The number of fused-ring (bicyclic) bond motifs is 1. The first-order chi connectivity index (χ1) is 12.7. The fraction of sp³-hybridized carbons (Fsp3) is 0.100. The number of rotatable bonds is 4. The average Bonchev–Trinajstić information content (AvgIpc) is 2.68. The van der Waals surface area contributed by atoms with Crippen LogP contribution in [0.5, 0.6) is 0 Å². The quantitative estimate of drug-likeness (QED) is 0.616. The summed E-state index contributed by atoms with van der Waals surface area (Å²) in [6.07, 6.45) is 2.59. The van der Waals surface area contributed by atoms with Crippen molar-refractivity contribution in [1.82, 2.24) is 19.5 Å². The molecule has 0 atom stereocenters. The molecule has 6 heteroatoms. The first kappa shape index (κ1) is 16.0. The Morgan fingerprint density at radius 2 is 1.58 bits per heavy atom. The van der Waals surface area contributed by atoms with Gasteiger partial charge in [0, 0.05) is 18.3 Å². The molecular formula is C20H16N4O2. The number of benzene rings is 2. The Balaban J connectivity index is 1.83. The van der Waals surface area contributed by atoms with Gasteiger partial charge in [-0.05, 0) is 12.0 Å². The van der Waals surface area contributed by atoms with Crippen molar-refractivity contribution in [2.45, 2.75) is 13.0 Å². The molecule has 0 saturated heterocycles. The zero-order valence-electron chi connectivity index (χ0n) is 13.9. The lowest BCUT2D eigenvalue weighted by atomic mass is 10.1. The van der Waals surface area contributed by atoms with Crippen LogP contribution in [0.2, 0.25) is 0 Å². The lowest BCUT2D eigenvalue weighted by Gasteiger charge is -2.15. The van der Waals surface area contributed by atoms with Crippen LogP contribution in [0.1, 0.15) is 5.56 Å². The van der Waals surface area contributed by atoms with Crippen molar-refractivity contribution in [2.24, 2.45) is 0 Å². The smallest absolute Gasteiger partial charge is 0.328 e. The van der Waals surface area contributed by atoms with Gasteiger partial charge in [0.15, 0.2) is 11.5 Å². The summed E-state index contributed by atoms with van der Waals surface area (Å²) in [5, 5.41) is 0. The second-order valence-electron chi connectivity index (χ2n) is 5.96. The topological polar surface area (TPSA) is 80.6 Å². The van der Waals surface area contributed by atoms with Crippen LogP contribution in [0.15, 0.2) is 76.4 Å². The highest BCUT2D eigenvalue weighted by Crippen LogP contribution is 2.21. The Morgan fingerprint density at radius 1 is 0.885 bits per heavy atom. The molecular weight excluding hydrogens is 328 g/mol. The number of nitrogens with one attached hydrogen (secondary N) is 1. The zero-order valence-corrected chi connectivity index (χ0v) is 13.9. The minimum Gasteiger partial charge on any atom is -0.328 e. The van der Waals surface area contributed by atoms with Gasteiger partial charge in [-0.3, -0.25) is 9.78 Å². The van der Waals surface area contributed by atoms with Crippen LogP contribution in [-0.4, -0.2) is 19.5 Å². The van der Waals surface area contributed by atoms with E-state index < -0.39 is 11.2 Å². The Labute approximate surface area is 149 Å². The third kappa shape index (κ3) is 3.17. The lowest BCUT2D eigenvalue weighted by molar-refractivity contribution is 0.675. The van der Waals surface area contributed by atoms with E-state index in [2.05, 4.69) is 15.0 Å². The molecule has 0 fully saturated rings. The summed E-state index contributed by atoms with van der Waals surface area (Å²) in [6.45, 7) is 0.582. The molecule has 0 bridgehead atoms. The fourth-order valence-electron chi connectivity index (χ4n) is 2.91. The number of hydrogen-bond acceptors (Lipinski definition) is 4. The van der Waals surface area contributed by atoms with Gasteiger partial charge >= 0.3 is 5.69 Å². The Morgan fingerprint density at radius 3 is 2.31 bits per heavy atom. The van der Waals surface area contributed by atoms with E-state index in [-0.39, 0.29) is 5.69 Å². The summed E-state index contributed by atoms with van der Waals surface area (Å²) in [5.74, 6) is 0.300. The van der Waals surface area contributed by atoms with Crippen LogP contribution < -0.4 is 11.2 Å². The minimum absolute atomic E-state index is 0.166. The van der Waals surface area contributed by atoms with Gasteiger partial charge in [-0.2, -0.15) is 4.98 Å². The van der Waals surface area contributed by atoms with Gasteiger partial charge in [0.2, 0.25) is 0 Å². The van der Waals surface area contributed by atoms with Gasteiger partial charge in [0.05, 0.1) is 5.69 Å². The molecule has 2 heterocycles. The van der Waals surface area contributed by atoms with E-state index >= 15 is 0 Å². The molecule has 0 aliphatic carbocycles. The molecule has 2 aliphatic heterocycles. The maximum atomic E-state index is 12.2. The molecule has 2 aromatic rings. The highest BCUT2D eigenvalue weighted by molar-refractivity contribution is 5.63. The van der Waals surface area contributed by atoms with Gasteiger partial charge in [0.1, 0.15) is 0 Å². The molecule has 0 unspecified atom stereocenters. The molecule has 2 aromatic carbocycles. The van der Waals surface area contributed by atoms with Crippen molar-refractivity contribution in [1.29, 1.82) is 0 Å². The predicted molar refractivity (Wildman–Crippen MR) is 99.1 cm³/mol. The van der Waals surface area contributed by atoms with Gasteiger partial charge in [-0.25, -0.2) is 9.78 Å². The fourth-order valence-corrected chi connectivity index (χ4v) is 2.91. The molecule has 0 amide bonds. The highest BCUT2D eigenvalue weighted by Gasteiger charge is 2.17. The molecule has 2 aliphatic rings. The summed E-state index contributed by atoms with van der Waals surface area (Å²) >= 11 is 0. The van der Waals surface area contributed by atoms with E-state index in [1.54, 1.807) is 0 Å². The van der Waals surface area contributed by atoms with Gasteiger partial charge in [0.25, 0.3) is 5.56 Å². The van der Waals surface area contributed by atoms with E-state index in [1.165, 1.54) is 5.56 Å². The normalized spacial score (nSPS) is 10.9. The van der Waals surface area contributed by atoms with Crippen molar-refractivity contribution in [2.75, 3.05) is 0 Å². The van der Waals surface area contributed by atoms with Crippen molar-refractivity contribution < 1.29 is 0 Å². The maximum absolute atomic E-state index is 12.2. The maximum Gasteiger partial charge on any atom is 0.349 e. The Hall–Kier alpha value is -3.54. The largest absolute Gasteiger partial charge is 0.349 e. The molecule has 0 aromatic heterocycles. The standard InChI is InChI=1S/C20H16N4O2/c25-19-17-18(22-20(26)23-19)24(12-11-14-7-3-1-4-8-14)13-16(21-17)15-9-5-2-6-10-15/h1-10,13H,11-12H2,(H,23,25,26). The van der Waals surface area contributed by atoms with E-state index in [0.29, 0.717) is 18.1 Å². The number of aromatic nitrogens is 4. The zero-order chi connectivity index (χ0) is 17.9. The number of aryl methyl sites for hydroxylation is 2. The van der Waals surface area contributed by atoms with Crippen molar-refractivity contribution in [3.8, 4) is 22.8 Å². The summed E-state index contributed by atoms with van der Waals surface area (Å²) in [7, 11) is 0. The predicted octanol–water partition coefficient (Wildman–Crippen LogP) is 2.34. The molecule has 0 saturated carbocycles. The molecule has 1 N–H and O–H groups in total.